The van der Waals surface area contributed by atoms with E-state index in [1.807, 2.05) is 62.4 Å². The highest BCUT2D eigenvalue weighted by molar-refractivity contribution is 5.88. The van der Waals surface area contributed by atoms with Gasteiger partial charge in [-0.1, -0.05) is 49.4 Å². The lowest BCUT2D eigenvalue weighted by atomic mass is 10.1. The summed E-state index contributed by atoms with van der Waals surface area (Å²) in [4.78, 5) is 30.6. The number of hydrogen-bond acceptors (Lipinski definition) is 5. The van der Waals surface area contributed by atoms with E-state index in [4.69, 9.17) is 4.74 Å². The van der Waals surface area contributed by atoms with E-state index in [9.17, 15) is 9.59 Å². The Morgan fingerprint density at radius 1 is 1.18 bits per heavy atom. The molecule has 1 fully saturated rings. The first-order valence-corrected chi connectivity index (χ1v) is 9.50. The molecule has 1 saturated heterocycles. The molecule has 0 radical (unpaired) electrons. The van der Waals surface area contributed by atoms with Gasteiger partial charge in [0.2, 0.25) is 0 Å². The summed E-state index contributed by atoms with van der Waals surface area (Å²) in [7, 11) is 0. The molecule has 1 aliphatic rings. The number of ether oxygens (including phenoxy) is 1. The Balaban J connectivity index is 1.63. The van der Waals surface area contributed by atoms with Crippen LogP contribution in [0.1, 0.15) is 38.3 Å². The number of carbonyl (C=O) groups excluding carboxylic acids is 1. The number of esters is 1. The van der Waals surface area contributed by atoms with Crippen LogP contribution in [-0.2, 0) is 16.0 Å². The second kappa shape index (κ2) is 6.78. The van der Waals surface area contributed by atoms with Crippen molar-refractivity contribution in [3.8, 4) is 0 Å². The Morgan fingerprint density at radius 3 is 2.57 bits per heavy atom. The molecule has 1 aromatic heterocycles. The van der Waals surface area contributed by atoms with Crippen LogP contribution in [0.5, 0.6) is 0 Å². The van der Waals surface area contributed by atoms with Gasteiger partial charge in [0, 0.05) is 6.42 Å². The molecule has 2 atom stereocenters. The van der Waals surface area contributed by atoms with Gasteiger partial charge in [-0.3, -0.25) is 9.80 Å². The van der Waals surface area contributed by atoms with Crippen LogP contribution < -0.4 is 10.6 Å². The second-order valence-electron chi connectivity index (χ2n) is 7.31. The van der Waals surface area contributed by atoms with Crippen LogP contribution >= 0.6 is 0 Å². The minimum atomic E-state index is -0.874. The summed E-state index contributed by atoms with van der Waals surface area (Å²) in [5.41, 5.74) is 0.575. The molecule has 0 unspecified atom stereocenters. The predicted molar refractivity (Wildman–Crippen MR) is 108 cm³/mol. The number of hydrogen-bond donors (Lipinski definition) is 0. The molecule has 0 N–H and O–H groups in total. The van der Waals surface area contributed by atoms with E-state index in [-0.39, 0.29) is 17.6 Å². The van der Waals surface area contributed by atoms with Crippen LogP contribution in [-0.4, -0.2) is 27.7 Å². The van der Waals surface area contributed by atoms with Gasteiger partial charge in [-0.25, -0.2) is 14.5 Å². The first kappa shape index (κ1) is 18.2. The molecular formula is C22H23N3O3. The zero-order valence-electron chi connectivity index (χ0n) is 16.3. The molecule has 0 bridgehead atoms. The molecule has 4 rings (SSSR count). The number of rotatable bonds is 5. The van der Waals surface area contributed by atoms with Crippen molar-refractivity contribution in [1.29, 1.82) is 0 Å². The molecule has 3 aromatic rings. The zero-order valence-corrected chi connectivity index (χ0v) is 16.3. The number of nitrogens with zero attached hydrogens (tertiary/aromatic N) is 3. The highest BCUT2D eigenvalue weighted by Crippen LogP contribution is 2.33. The Bertz CT molecular complexity index is 1090. The van der Waals surface area contributed by atoms with E-state index in [0.29, 0.717) is 29.7 Å². The molecule has 0 spiro atoms. The minimum absolute atomic E-state index is 0.157. The predicted octanol–water partition coefficient (Wildman–Crippen LogP) is 2.97. The van der Waals surface area contributed by atoms with E-state index >= 15 is 0 Å². The Morgan fingerprint density at radius 2 is 1.86 bits per heavy atom. The number of benzene rings is 2. The molecule has 0 amide bonds. The summed E-state index contributed by atoms with van der Waals surface area (Å²) in [5, 5.41) is 2.29. The van der Waals surface area contributed by atoms with Crippen molar-refractivity contribution < 1.29 is 9.53 Å². The van der Waals surface area contributed by atoms with Crippen LogP contribution in [0.25, 0.3) is 10.9 Å². The van der Waals surface area contributed by atoms with Crippen LogP contribution in [0.2, 0.25) is 0 Å². The molecule has 6 heteroatoms. The number of aryl methyl sites for hydroxylation is 1. The van der Waals surface area contributed by atoms with Crippen molar-refractivity contribution in [2.45, 2.75) is 38.8 Å². The summed E-state index contributed by atoms with van der Waals surface area (Å²) in [5.74, 6) is 0.294. The fourth-order valence-corrected chi connectivity index (χ4v) is 3.44. The maximum Gasteiger partial charge on any atom is 0.335 e. The van der Waals surface area contributed by atoms with E-state index in [2.05, 4.69) is 4.98 Å². The zero-order chi connectivity index (χ0) is 19.9. The topological polar surface area (TPSA) is 64.2 Å². The fraction of sp³-hybridized carbons (Fsp3) is 0.318. The van der Waals surface area contributed by atoms with Crippen molar-refractivity contribution >= 4 is 16.9 Å². The van der Waals surface area contributed by atoms with Gasteiger partial charge >= 0.3 is 5.97 Å². The van der Waals surface area contributed by atoms with Crippen molar-refractivity contribution in [3.63, 3.8) is 0 Å². The maximum atomic E-state index is 13.1. The highest BCUT2D eigenvalue weighted by Gasteiger charge is 2.58. The van der Waals surface area contributed by atoms with Gasteiger partial charge in [-0.05, 0) is 31.5 Å². The SMILES string of the molecule is CCc1nc2ccccc2c(=O)n1N1C[C@]1(C)C(=O)O[C@H](C)c1ccccc1. The van der Waals surface area contributed by atoms with Crippen LogP contribution in [0.15, 0.2) is 59.4 Å². The largest absolute Gasteiger partial charge is 0.456 e. The Hall–Kier alpha value is -3.15. The lowest BCUT2D eigenvalue weighted by molar-refractivity contribution is -0.151. The lowest BCUT2D eigenvalue weighted by Gasteiger charge is -2.20. The van der Waals surface area contributed by atoms with Gasteiger partial charge in [-0.15, -0.1) is 0 Å². The van der Waals surface area contributed by atoms with Gasteiger partial charge in [0.05, 0.1) is 17.4 Å². The van der Waals surface area contributed by atoms with Gasteiger partial charge in [-0.2, -0.15) is 0 Å². The maximum absolute atomic E-state index is 13.1. The third-order valence-electron chi connectivity index (χ3n) is 5.29. The lowest BCUT2D eigenvalue weighted by Crippen LogP contribution is -2.40. The minimum Gasteiger partial charge on any atom is -0.456 e. The Labute approximate surface area is 163 Å². The molecule has 1 aliphatic heterocycles. The summed E-state index contributed by atoms with van der Waals surface area (Å²) in [6.07, 6.45) is 0.229. The first-order chi connectivity index (χ1) is 13.5. The van der Waals surface area contributed by atoms with Crippen molar-refractivity contribution in [2.75, 3.05) is 11.6 Å². The summed E-state index contributed by atoms with van der Waals surface area (Å²) >= 11 is 0. The molecule has 2 heterocycles. The monoisotopic (exact) mass is 377 g/mol. The summed E-state index contributed by atoms with van der Waals surface area (Å²) in [6.45, 7) is 6.02. The third kappa shape index (κ3) is 2.95. The third-order valence-corrected chi connectivity index (χ3v) is 5.29. The average Bonchev–Trinajstić information content (AvgIpc) is 3.40. The molecule has 144 valence electrons. The highest BCUT2D eigenvalue weighted by atomic mass is 16.5. The first-order valence-electron chi connectivity index (χ1n) is 9.50. The van der Waals surface area contributed by atoms with E-state index in [1.54, 1.807) is 18.0 Å². The van der Waals surface area contributed by atoms with Crippen molar-refractivity contribution in [2.24, 2.45) is 0 Å². The van der Waals surface area contributed by atoms with Gasteiger partial charge in [0.1, 0.15) is 11.9 Å². The molecule has 0 saturated carbocycles. The van der Waals surface area contributed by atoms with Crippen LogP contribution in [0.4, 0.5) is 0 Å². The van der Waals surface area contributed by atoms with Crippen molar-refractivity contribution in [3.05, 3.63) is 76.3 Å². The second-order valence-corrected chi connectivity index (χ2v) is 7.31. The summed E-state index contributed by atoms with van der Waals surface area (Å²) < 4.78 is 7.24. The number of aromatic nitrogens is 2. The van der Waals surface area contributed by atoms with Gasteiger partial charge < -0.3 is 4.74 Å². The molecular weight excluding hydrogens is 354 g/mol. The number of fused-ring (bicyclic) bond motifs is 1. The molecule has 0 aliphatic carbocycles. The smallest absolute Gasteiger partial charge is 0.335 e. The van der Waals surface area contributed by atoms with E-state index < -0.39 is 5.54 Å². The number of carbonyl (C=O) groups is 1. The van der Waals surface area contributed by atoms with Crippen molar-refractivity contribution in [1.82, 2.24) is 9.66 Å². The molecule has 28 heavy (non-hydrogen) atoms. The molecule has 2 aromatic carbocycles. The molecule has 6 nitrogen and oxygen atoms in total. The average molecular weight is 377 g/mol. The fourth-order valence-electron chi connectivity index (χ4n) is 3.44. The number of para-hydroxylation sites is 1. The van der Waals surface area contributed by atoms with Crippen LogP contribution in [0.3, 0.4) is 0 Å². The van der Waals surface area contributed by atoms with E-state index in [0.717, 1.165) is 5.56 Å². The van der Waals surface area contributed by atoms with E-state index in [1.165, 1.54) is 4.68 Å². The van der Waals surface area contributed by atoms with Gasteiger partial charge in [0.15, 0.2) is 5.54 Å². The van der Waals surface area contributed by atoms with Gasteiger partial charge in [0.25, 0.3) is 5.56 Å². The summed E-state index contributed by atoms with van der Waals surface area (Å²) in [6, 6.07) is 16.9. The normalized spacial score (nSPS) is 19.5. The quantitative estimate of drug-likeness (QED) is 0.505. The standard InChI is InChI=1S/C22H23N3O3/c1-4-19-23-18-13-9-8-12-17(18)20(26)25(19)24-14-22(24,3)21(27)28-15(2)16-10-6-5-7-11-16/h5-13,15H,4,14H2,1-3H3/t15-,22-,24?/m1/s1. The Kier molecular flexibility index (Phi) is 4.41. The van der Waals surface area contributed by atoms with Crippen LogP contribution in [0, 0.1) is 0 Å².